The summed E-state index contributed by atoms with van der Waals surface area (Å²) < 4.78 is 0. The molecule has 1 saturated heterocycles. The molecule has 0 amide bonds. The second-order valence-corrected chi connectivity index (χ2v) is 3.81. The molecule has 0 aromatic rings. The Morgan fingerprint density at radius 2 is 2.42 bits per heavy atom. The van der Waals surface area contributed by atoms with Crippen LogP contribution in [0.3, 0.4) is 0 Å². The highest BCUT2D eigenvalue weighted by atomic mass is 15.1. The number of piperidine rings is 1. The largest absolute Gasteiger partial charge is 0.306 e. The lowest BCUT2D eigenvalue weighted by molar-refractivity contribution is 0.177. The zero-order valence-electron chi connectivity index (χ0n) is 8.08. The molecule has 1 aliphatic heterocycles. The van der Waals surface area contributed by atoms with Crippen LogP contribution in [0.25, 0.3) is 0 Å². The maximum Gasteiger partial charge on any atom is 0.0659 e. The van der Waals surface area contributed by atoms with Crippen LogP contribution in [0.15, 0.2) is 0 Å². The monoisotopic (exact) mass is 166 g/mol. The van der Waals surface area contributed by atoms with Gasteiger partial charge >= 0.3 is 0 Å². The van der Waals surface area contributed by atoms with E-state index >= 15 is 0 Å². The van der Waals surface area contributed by atoms with Gasteiger partial charge in [0.25, 0.3) is 0 Å². The Kier molecular flexibility index (Phi) is 3.55. The van der Waals surface area contributed by atoms with Gasteiger partial charge in [-0.25, -0.2) is 0 Å². The summed E-state index contributed by atoms with van der Waals surface area (Å²) in [4.78, 5) is 2.34. The van der Waals surface area contributed by atoms with Crippen LogP contribution in [-0.2, 0) is 0 Å². The number of nitriles is 1. The fourth-order valence-electron chi connectivity index (χ4n) is 2.06. The van der Waals surface area contributed by atoms with E-state index < -0.39 is 0 Å². The van der Waals surface area contributed by atoms with Crippen LogP contribution in [0.4, 0.5) is 0 Å². The van der Waals surface area contributed by atoms with Gasteiger partial charge in [-0.15, -0.1) is 0 Å². The number of likely N-dealkylation sites (tertiary alicyclic amines) is 1. The summed E-state index contributed by atoms with van der Waals surface area (Å²) >= 11 is 0. The van der Waals surface area contributed by atoms with E-state index in [1.807, 2.05) is 0 Å². The molecule has 0 saturated carbocycles. The summed E-state index contributed by atoms with van der Waals surface area (Å²) in [5.74, 6) is 0.909. The number of rotatable bonds is 2. The molecule has 0 aromatic carbocycles. The molecule has 0 N–H and O–H groups in total. The minimum absolute atomic E-state index is 0.285. The number of nitrogens with zero attached hydrogens (tertiary/aromatic N) is 2. The predicted octanol–water partition coefficient (Wildman–Crippen LogP) is 1.88. The molecule has 0 radical (unpaired) electrons. The van der Waals surface area contributed by atoms with Crippen molar-refractivity contribution in [1.82, 2.24) is 4.90 Å². The third kappa shape index (κ3) is 2.22. The van der Waals surface area contributed by atoms with Crippen molar-refractivity contribution in [2.45, 2.75) is 26.2 Å². The van der Waals surface area contributed by atoms with E-state index in [4.69, 9.17) is 5.26 Å². The lowest BCUT2D eigenvalue weighted by atomic mass is 9.85. The second-order valence-electron chi connectivity index (χ2n) is 3.81. The highest BCUT2D eigenvalue weighted by molar-refractivity contribution is 4.89. The molecule has 0 bridgehead atoms. The van der Waals surface area contributed by atoms with Crippen molar-refractivity contribution < 1.29 is 0 Å². The minimum atomic E-state index is 0.285. The second kappa shape index (κ2) is 4.47. The van der Waals surface area contributed by atoms with Crippen LogP contribution in [0.5, 0.6) is 0 Å². The average molecular weight is 166 g/mol. The van der Waals surface area contributed by atoms with Crippen LogP contribution >= 0.6 is 0 Å². The zero-order valence-corrected chi connectivity index (χ0v) is 8.08. The third-order valence-electron chi connectivity index (χ3n) is 2.84. The topological polar surface area (TPSA) is 27.0 Å². The smallest absolute Gasteiger partial charge is 0.0659 e. The van der Waals surface area contributed by atoms with Crippen molar-refractivity contribution in [3.8, 4) is 6.07 Å². The van der Waals surface area contributed by atoms with Gasteiger partial charge in [-0.2, -0.15) is 5.26 Å². The normalized spacial score (nSPS) is 27.9. The van der Waals surface area contributed by atoms with Gasteiger partial charge in [-0.3, -0.25) is 0 Å². The Labute approximate surface area is 75.2 Å². The Balaban J connectivity index is 2.45. The van der Waals surface area contributed by atoms with Gasteiger partial charge < -0.3 is 4.90 Å². The van der Waals surface area contributed by atoms with E-state index in [1.165, 1.54) is 19.4 Å². The van der Waals surface area contributed by atoms with Crippen LogP contribution in [0, 0.1) is 23.2 Å². The van der Waals surface area contributed by atoms with Gasteiger partial charge in [-0.1, -0.05) is 6.92 Å². The van der Waals surface area contributed by atoms with Crippen LogP contribution < -0.4 is 0 Å². The maximum atomic E-state index is 8.90. The van der Waals surface area contributed by atoms with Gasteiger partial charge in [0.05, 0.1) is 12.0 Å². The third-order valence-corrected chi connectivity index (χ3v) is 2.84. The summed E-state index contributed by atoms with van der Waals surface area (Å²) in [6, 6.07) is 2.42. The molecule has 2 atom stereocenters. The molecule has 12 heavy (non-hydrogen) atoms. The summed E-state index contributed by atoms with van der Waals surface area (Å²) in [6.45, 7) is 4.44. The van der Waals surface area contributed by atoms with Crippen molar-refractivity contribution in [2.75, 3.05) is 20.1 Å². The summed E-state index contributed by atoms with van der Waals surface area (Å²) in [7, 11) is 2.15. The highest BCUT2D eigenvalue weighted by Crippen LogP contribution is 2.24. The predicted molar refractivity (Wildman–Crippen MR) is 49.6 cm³/mol. The van der Waals surface area contributed by atoms with Crippen molar-refractivity contribution in [3.05, 3.63) is 0 Å². The molecule has 1 aliphatic rings. The van der Waals surface area contributed by atoms with E-state index in [9.17, 15) is 0 Å². The van der Waals surface area contributed by atoms with Gasteiger partial charge in [-0.05, 0) is 38.8 Å². The Hall–Kier alpha value is -0.550. The van der Waals surface area contributed by atoms with Crippen molar-refractivity contribution >= 4 is 0 Å². The SMILES string of the molecule is CCC(C#N)C1CCCN(C)C1. The van der Waals surface area contributed by atoms with E-state index in [1.54, 1.807) is 0 Å². The lowest BCUT2D eigenvalue weighted by Gasteiger charge is -2.31. The molecular formula is C10H18N2. The van der Waals surface area contributed by atoms with Gasteiger partial charge in [0.1, 0.15) is 0 Å². The molecular weight excluding hydrogens is 148 g/mol. The minimum Gasteiger partial charge on any atom is -0.306 e. The Morgan fingerprint density at radius 1 is 1.67 bits per heavy atom. The molecule has 0 spiro atoms. The van der Waals surface area contributed by atoms with Crippen LogP contribution in [0.1, 0.15) is 26.2 Å². The average Bonchev–Trinajstić information content (AvgIpc) is 2.07. The molecule has 1 fully saturated rings. The van der Waals surface area contributed by atoms with Crippen molar-refractivity contribution in [1.29, 1.82) is 5.26 Å². The first-order valence-corrected chi connectivity index (χ1v) is 4.86. The molecule has 2 nitrogen and oxygen atoms in total. The molecule has 2 unspecified atom stereocenters. The summed E-state index contributed by atoms with van der Waals surface area (Å²) in [6.07, 6.45) is 3.52. The summed E-state index contributed by atoms with van der Waals surface area (Å²) in [5.41, 5.74) is 0. The first kappa shape index (κ1) is 9.54. The molecule has 0 aromatic heterocycles. The number of hydrogen-bond donors (Lipinski definition) is 0. The lowest BCUT2D eigenvalue weighted by Crippen LogP contribution is -2.35. The van der Waals surface area contributed by atoms with Crippen molar-refractivity contribution in [2.24, 2.45) is 11.8 Å². The standard InChI is InChI=1S/C10H18N2/c1-3-9(7-11)10-5-4-6-12(2)8-10/h9-10H,3-6,8H2,1-2H3. The first-order chi connectivity index (χ1) is 5.77. The van der Waals surface area contributed by atoms with E-state index in [0.717, 1.165) is 13.0 Å². The van der Waals surface area contributed by atoms with E-state index in [2.05, 4.69) is 24.9 Å². The van der Waals surface area contributed by atoms with E-state index in [-0.39, 0.29) is 5.92 Å². The quantitative estimate of drug-likeness (QED) is 0.626. The van der Waals surface area contributed by atoms with Gasteiger partial charge in [0, 0.05) is 6.54 Å². The Bertz CT molecular complexity index is 171. The molecule has 2 heteroatoms. The maximum absolute atomic E-state index is 8.90. The van der Waals surface area contributed by atoms with Crippen LogP contribution in [-0.4, -0.2) is 25.0 Å². The number of hydrogen-bond acceptors (Lipinski definition) is 2. The van der Waals surface area contributed by atoms with Gasteiger partial charge in [0.2, 0.25) is 0 Å². The highest BCUT2D eigenvalue weighted by Gasteiger charge is 2.24. The molecule has 68 valence electrons. The molecule has 1 heterocycles. The summed E-state index contributed by atoms with van der Waals surface area (Å²) in [5, 5.41) is 8.90. The van der Waals surface area contributed by atoms with Gasteiger partial charge in [0.15, 0.2) is 0 Å². The zero-order chi connectivity index (χ0) is 8.97. The first-order valence-electron chi connectivity index (χ1n) is 4.86. The fourth-order valence-corrected chi connectivity index (χ4v) is 2.06. The Morgan fingerprint density at radius 3 is 2.92 bits per heavy atom. The fraction of sp³-hybridized carbons (Fsp3) is 0.900. The van der Waals surface area contributed by atoms with E-state index in [0.29, 0.717) is 5.92 Å². The van der Waals surface area contributed by atoms with Crippen LogP contribution in [0.2, 0.25) is 0 Å². The molecule has 0 aliphatic carbocycles. The molecule has 1 rings (SSSR count). The van der Waals surface area contributed by atoms with Crippen molar-refractivity contribution in [3.63, 3.8) is 0 Å².